The molecule has 0 saturated heterocycles. The van der Waals surface area contributed by atoms with Crippen molar-refractivity contribution in [2.45, 2.75) is 26.2 Å². The van der Waals surface area contributed by atoms with E-state index in [-0.39, 0.29) is 0 Å². The number of rotatable bonds is 3. The number of aromatic amines is 1. The zero-order valence-electron chi connectivity index (χ0n) is 11.5. The highest BCUT2D eigenvalue weighted by Gasteiger charge is 2.48. The Morgan fingerprint density at radius 2 is 1.95 bits per heavy atom. The fourth-order valence-electron chi connectivity index (χ4n) is 2.64. The number of hydrogen-bond donors (Lipinski definition) is 2. The van der Waals surface area contributed by atoms with Gasteiger partial charge in [0.1, 0.15) is 5.75 Å². The van der Waals surface area contributed by atoms with Crippen molar-refractivity contribution in [3.8, 4) is 16.9 Å². The van der Waals surface area contributed by atoms with Crippen molar-refractivity contribution < 1.29 is 4.74 Å². The van der Waals surface area contributed by atoms with Gasteiger partial charge in [-0.2, -0.15) is 5.10 Å². The Balaban J connectivity index is 2.02. The second kappa shape index (κ2) is 4.02. The molecule has 1 unspecified atom stereocenters. The van der Waals surface area contributed by atoms with E-state index in [4.69, 9.17) is 10.5 Å². The summed E-state index contributed by atoms with van der Waals surface area (Å²) < 4.78 is 5.19. The average molecular weight is 257 g/mol. The largest absolute Gasteiger partial charge is 0.497 e. The summed E-state index contributed by atoms with van der Waals surface area (Å²) in [6.45, 7) is 4.54. The molecule has 1 saturated carbocycles. The molecule has 1 atom stereocenters. The second-order valence-electron chi connectivity index (χ2n) is 5.87. The van der Waals surface area contributed by atoms with Crippen molar-refractivity contribution in [2.24, 2.45) is 5.41 Å². The molecule has 3 rings (SSSR count). The normalized spacial score (nSPS) is 20.3. The molecular weight excluding hydrogens is 238 g/mol. The van der Waals surface area contributed by atoms with Crippen molar-refractivity contribution >= 4 is 5.82 Å². The minimum atomic E-state index is 0.347. The van der Waals surface area contributed by atoms with E-state index in [1.165, 1.54) is 6.42 Å². The number of ether oxygens (including phenoxy) is 1. The third-order valence-electron chi connectivity index (χ3n) is 4.06. The molecule has 1 heterocycles. The van der Waals surface area contributed by atoms with Gasteiger partial charge in [0, 0.05) is 17.2 Å². The van der Waals surface area contributed by atoms with E-state index in [1.807, 2.05) is 24.3 Å². The van der Waals surface area contributed by atoms with Crippen molar-refractivity contribution in [3.63, 3.8) is 0 Å². The number of methoxy groups -OCH3 is 1. The molecule has 100 valence electrons. The van der Waals surface area contributed by atoms with Gasteiger partial charge in [-0.3, -0.25) is 5.10 Å². The number of benzene rings is 1. The van der Waals surface area contributed by atoms with Crippen LogP contribution in [-0.4, -0.2) is 17.3 Å². The van der Waals surface area contributed by atoms with Crippen molar-refractivity contribution in [3.05, 3.63) is 30.0 Å². The third kappa shape index (κ3) is 1.97. The monoisotopic (exact) mass is 257 g/mol. The summed E-state index contributed by atoms with van der Waals surface area (Å²) in [5.41, 5.74) is 9.66. The maximum absolute atomic E-state index is 6.02. The summed E-state index contributed by atoms with van der Waals surface area (Å²) in [6, 6.07) is 7.95. The van der Waals surface area contributed by atoms with E-state index in [2.05, 4.69) is 24.0 Å². The minimum Gasteiger partial charge on any atom is -0.497 e. The molecule has 0 radical (unpaired) electrons. The van der Waals surface area contributed by atoms with Crippen LogP contribution in [0, 0.1) is 5.41 Å². The molecule has 1 aromatic heterocycles. The number of hydrogen-bond acceptors (Lipinski definition) is 3. The minimum absolute atomic E-state index is 0.347. The number of anilines is 1. The molecule has 0 amide bonds. The smallest absolute Gasteiger partial charge is 0.153 e. The van der Waals surface area contributed by atoms with E-state index in [9.17, 15) is 0 Å². The molecule has 4 nitrogen and oxygen atoms in total. The predicted octanol–water partition coefficient (Wildman–Crippen LogP) is 3.18. The van der Waals surface area contributed by atoms with Gasteiger partial charge in [0.05, 0.1) is 7.11 Å². The Hall–Kier alpha value is -1.97. The van der Waals surface area contributed by atoms with Crippen LogP contribution < -0.4 is 10.5 Å². The SMILES string of the molecule is COc1ccc(-c2c(N)n[nH]c2C2CC2(C)C)cc1. The molecule has 0 aliphatic heterocycles. The zero-order chi connectivity index (χ0) is 13.6. The molecule has 1 aliphatic rings. The number of aromatic nitrogens is 2. The van der Waals surface area contributed by atoms with Gasteiger partial charge in [-0.05, 0) is 29.5 Å². The lowest BCUT2D eigenvalue weighted by Gasteiger charge is -2.07. The Morgan fingerprint density at radius 1 is 1.32 bits per heavy atom. The fourth-order valence-corrected chi connectivity index (χ4v) is 2.64. The summed E-state index contributed by atoms with van der Waals surface area (Å²) in [6.07, 6.45) is 1.18. The number of nitrogens with two attached hydrogens (primary N) is 1. The Bertz CT molecular complexity index is 598. The first kappa shape index (κ1) is 12.1. The van der Waals surface area contributed by atoms with Crippen molar-refractivity contribution in [2.75, 3.05) is 12.8 Å². The zero-order valence-corrected chi connectivity index (χ0v) is 11.5. The fraction of sp³-hybridized carbons (Fsp3) is 0.400. The van der Waals surface area contributed by atoms with Gasteiger partial charge in [-0.1, -0.05) is 26.0 Å². The lowest BCUT2D eigenvalue weighted by Crippen LogP contribution is -1.94. The van der Waals surface area contributed by atoms with Gasteiger partial charge in [0.15, 0.2) is 5.82 Å². The first-order chi connectivity index (χ1) is 9.03. The lowest BCUT2D eigenvalue weighted by atomic mass is 9.99. The average Bonchev–Trinajstić information content (AvgIpc) is 2.86. The molecule has 0 bridgehead atoms. The molecule has 3 N–H and O–H groups in total. The topological polar surface area (TPSA) is 63.9 Å². The highest BCUT2D eigenvalue weighted by atomic mass is 16.5. The lowest BCUT2D eigenvalue weighted by molar-refractivity contribution is 0.415. The van der Waals surface area contributed by atoms with Crippen LogP contribution in [0.15, 0.2) is 24.3 Å². The van der Waals surface area contributed by atoms with Crippen molar-refractivity contribution in [1.82, 2.24) is 10.2 Å². The van der Waals surface area contributed by atoms with E-state index in [1.54, 1.807) is 7.11 Å². The Labute approximate surface area is 113 Å². The van der Waals surface area contributed by atoms with Gasteiger partial charge in [-0.15, -0.1) is 0 Å². The maximum Gasteiger partial charge on any atom is 0.153 e. The number of nitrogens with zero attached hydrogens (tertiary/aromatic N) is 1. The first-order valence-electron chi connectivity index (χ1n) is 6.51. The number of nitrogens with one attached hydrogen (secondary N) is 1. The van der Waals surface area contributed by atoms with E-state index >= 15 is 0 Å². The quantitative estimate of drug-likeness (QED) is 0.887. The van der Waals surface area contributed by atoms with E-state index in [0.29, 0.717) is 17.2 Å². The van der Waals surface area contributed by atoms with Gasteiger partial charge < -0.3 is 10.5 Å². The van der Waals surface area contributed by atoms with Gasteiger partial charge in [-0.25, -0.2) is 0 Å². The summed E-state index contributed by atoms with van der Waals surface area (Å²) in [4.78, 5) is 0. The van der Waals surface area contributed by atoms with Crippen LogP contribution in [0.1, 0.15) is 31.9 Å². The van der Waals surface area contributed by atoms with Crippen molar-refractivity contribution in [1.29, 1.82) is 0 Å². The molecule has 4 heteroatoms. The number of H-pyrrole nitrogens is 1. The first-order valence-corrected chi connectivity index (χ1v) is 6.51. The van der Waals surface area contributed by atoms with Gasteiger partial charge >= 0.3 is 0 Å². The predicted molar refractivity (Wildman–Crippen MR) is 76.1 cm³/mol. The highest BCUT2D eigenvalue weighted by Crippen LogP contribution is 2.60. The number of nitrogen functional groups attached to an aromatic ring is 1. The highest BCUT2D eigenvalue weighted by molar-refractivity contribution is 5.77. The molecule has 0 spiro atoms. The van der Waals surface area contributed by atoms with Crippen LogP contribution in [0.5, 0.6) is 5.75 Å². The molecule has 1 aliphatic carbocycles. The second-order valence-corrected chi connectivity index (χ2v) is 5.87. The standard InChI is InChI=1S/C15H19N3O/c1-15(2)8-11(15)13-12(14(16)18-17-13)9-4-6-10(19-3)7-5-9/h4-7,11H,8H2,1-3H3,(H3,16,17,18). The summed E-state index contributed by atoms with van der Waals surface area (Å²) in [5.74, 6) is 1.94. The van der Waals surface area contributed by atoms with E-state index < -0.39 is 0 Å². The van der Waals surface area contributed by atoms with Crippen LogP contribution in [0.25, 0.3) is 11.1 Å². The molecular formula is C15H19N3O. The summed E-state index contributed by atoms with van der Waals surface area (Å²) in [7, 11) is 1.67. The van der Waals surface area contributed by atoms with Crippen LogP contribution in [0.2, 0.25) is 0 Å². The Morgan fingerprint density at radius 3 is 2.47 bits per heavy atom. The molecule has 2 aromatic rings. The van der Waals surface area contributed by atoms with Crippen LogP contribution in [0.3, 0.4) is 0 Å². The van der Waals surface area contributed by atoms with Crippen LogP contribution >= 0.6 is 0 Å². The van der Waals surface area contributed by atoms with E-state index in [0.717, 1.165) is 22.6 Å². The Kier molecular flexibility index (Phi) is 2.55. The van der Waals surface area contributed by atoms with Gasteiger partial charge in [0.25, 0.3) is 0 Å². The summed E-state index contributed by atoms with van der Waals surface area (Å²) >= 11 is 0. The third-order valence-corrected chi connectivity index (χ3v) is 4.06. The van der Waals surface area contributed by atoms with Crippen LogP contribution in [0.4, 0.5) is 5.82 Å². The van der Waals surface area contributed by atoms with Crippen LogP contribution in [-0.2, 0) is 0 Å². The molecule has 1 fully saturated rings. The van der Waals surface area contributed by atoms with Gasteiger partial charge in [0.2, 0.25) is 0 Å². The molecule has 1 aromatic carbocycles. The maximum atomic E-state index is 6.02. The summed E-state index contributed by atoms with van der Waals surface area (Å²) in [5, 5.41) is 7.30. The molecule has 19 heavy (non-hydrogen) atoms.